The number of carbonyl (C=O) groups excluding carboxylic acids is 2. The van der Waals surface area contributed by atoms with Crippen molar-refractivity contribution in [1.82, 2.24) is 9.13 Å². The van der Waals surface area contributed by atoms with Crippen LogP contribution in [0, 0.1) is 6.92 Å². The van der Waals surface area contributed by atoms with Crippen molar-refractivity contribution in [2.75, 3.05) is 13.7 Å². The molecule has 2 heterocycles. The lowest BCUT2D eigenvalue weighted by Crippen LogP contribution is -2.22. The third kappa shape index (κ3) is 2.52. The molecule has 0 fully saturated rings. The maximum Gasteiger partial charge on any atom is 0.343 e. The number of pyridine rings is 1. The van der Waals surface area contributed by atoms with Crippen LogP contribution in [-0.4, -0.2) is 34.8 Å². The van der Waals surface area contributed by atoms with E-state index >= 15 is 0 Å². The van der Waals surface area contributed by atoms with Gasteiger partial charge in [-0.05, 0) is 20.8 Å². The molecule has 0 saturated carbocycles. The fourth-order valence-corrected chi connectivity index (χ4v) is 2.68. The van der Waals surface area contributed by atoms with Gasteiger partial charge in [-0.15, -0.1) is 0 Å². The van der Waals surface area contributed by atoms with E-state index in [0.717, 1.165) is 0 Å². The number of ether oxygens (including phenoxy) is 2. The Morgan fingerprint density at radius 1 is 1.17 bits per heavy atom. The Morgan fingerprint density at radius 3 is 2.35 bits per heavy atom. The van der Waals surface area contributed by atoms with Crippen molar-refractivity contribution in [3.05, 3.63) is 33.2 Å². The third-order valence-electron chi connectivity index (χ3n) is 3.92. The normalized spacial score (nSPS) is 10.8. The van der Waals surface area contributed by atoms with E-state index in [0.29, 0.717) is 23.3 Å². The van der Waals surface area contributed by atoms with Gasteiger partial charge in [0.2, 0.25) is 5.43 Å². The standard InChI is InChI=1S/C16H20N2O5/c1-6-18-8-10(15(20)23-7-2)14(19)13-12(18)11(16(21)22-5)9(3)17(13)4/h8H,6-7H2,1-5H3. The van der Waals surface area contributed by atoms with Gasteiger partial charge in [0.1, 0.15) is 16.6 Å². The van der Waals surface area contributed by atoms with Crippen LogP contribution in [0.1, 0.15) is 40.3 Å². The van der Waals surface area contributed by atoms with Crippen LogP contribution < -0.4 is 5.43 Å². The fraction of sp³-hybridized carbons (Fsp3) is 0.438. The first-order valence-electron chi connectivity index (χ1n) is 7.36. The lowest BCUT2D eigenvalue weighted by atomic mass is 10.1. The minimum Gasteiger partial charge on any atom is -0.465 e. The third-order valence-corrected chi connectivity index (χ3v) is 3.92. The van der Waals surface area contributed by atoms with E-state index in [1.165, 1.54) is 13.3 Å². The summed E-state index contributed by atoms with van der Waals surface area (Å²) < 4.78 is 13.1. The minimum absolute atomic E-state index is 0.0433. The molecule has 7 nitrogen and oxygen atoms in total. The Hall–Kier alpha value is -2.57. The van der Waals surface area contributed by atoms with Gasteiger partial charge in [0, 0.05) is 25.5 Å². The molecule has 124 valence electrons. The molecule has 23 heavy (non-hydrogen) atoms. The second kappa shape index (κ2) is 6.28. The van der Waals surface area contributed by atoms with Crippen molar-refractivity contribution in [2.45, 2.75) is 27.3 Å². The lowest BCUT2D eigenvalue weighted by molar-refractivity contribution is 0.0523. The molecule has 2 rings (SSSR count). The van der Waals surface area contributed by atoms with Gasteiger partial charge in [0.05, 0.1) is 19.2 Å². The van der Waals surface area contributed by atoms with E-state index in [9.17, 15) is 14.4 Å². The highest BCUT2D eigenvalue weighted by Crippen LogP contribution is 2.24. The second-order valence-electron chi connectivity index (χ2n) is 5.09. The van der Waals surface area contributed by atoms with Crippen LogP contribution in [0.15, 0.2) is 11.0 Å². The zero-order valence-electron chi connectivity index (χ0n) is 13.9. The van der Waals surface area contributed by atoms with Crippen molar-refractivity contribution in [2.24, 2.45) is 7.05 Å². The van der Waals surface area contributed by atoms with Gasteiger partial charge in [0.25, 0.3) is 0 Å². The van der Waals surface area contributed by atoms with Crippen molar-refractivity contribution in [3.63, 3.8) is 0 Å². The molecule has 0 saturated heterocycles. The molecule has 0 N–H and O–H groups in total. The average molecular weight is 320 g/mol. The quantitative estimate of drug-likeness (QED) is 0.800. The van der Waals surface area contributed by atoms with E-state index in [1.807, 2.05) is 6.92 Å². The molecular formula is C16H20N2O5. The van der Waals surface area contributed by atoms with Gasteiger partial charge < -0.3 is 18.6 Å². The molecular weight excluding hydrogens is 300 g/mol. The van der Waals surface area contributed by atoms with Gasteiger partial charge in [-0.3, -0.25) is 4.79 Å². The number of fused-ring (bicyclic) bond motifs is 1. The van der Waals surface area contributed by atoms with E-state index in [-0.39, 0.29) is 17.7 Å². The molecule has 0 amide bonds. The number of carbonyl (C=O) groups is 2. The highest BCUT2D eigenvalue weighted by atomic mass is 16.5. The zero-order valence-corrected chi connectivity index (χ0v) is 13.9. The summed E-state index contributed by atoms with van der Waals surface area (Å²) in [7, 11) is 2.97. The van der Waals surface area contributed by atoms with Gasteiger partial charge in [0.15, 0.2) is 0 Å². The number of aryl methyl sites for hydroxylation is 2. The summed E-state index contributed by atoms with van der Waals surface area (Å²) >= 11 is 0. The van der Waals surface area contributed by atoms with Crippen LogP contribution in [0.4, 0.5) is 0 Å². The van der Waals surface area contributed by atoms with Crippen molar-refractivity contribution in [3.8, 4) is 0 Å². The molecule has 0 bridgehead atoms. The molecule has 2 aromatic rings. The molecule has 0 atom stereocenters. The largest absolute Gasteiger partial charge is 0.465 e. The summed E-state index contributed by atoms with van der Waals surface area (Å²) in [6.45, 7) is 5.94. The number of hydrogen-bond donors (Lipinski definition) is 0. The number of hydrogen-bond acceptors (Lipinski definition) is 5. The highest BCUT2D eigenvalue weighted by Gasteiger charge is 2.26. The highest BCUT2D eigenvalue weighted by molar-refractivity contribution is 6.05. The SMILES string of the molecule is CCOC(=O)c1cn(CC)c2c(C(=O)OC)c(C)n(C)c2c1=O. The van der Waals surface area contributed by atoms with Gasteiger partial charge >= 0.3 is 11.9 Å². The Kier molecular flexibility index (Phi) is 4.58. The smallest absolute Gasteiger partial charge is 0.343 e. The first-order valence-corrected chi connectivity index (χ1v) is 7.36. The molecule has 0 aromatic carbocycles. The van der Waals surface area contributed by atoms with Crippen molar-refractivity contribution in [1.29, 1.82) is 0 Å². The molecule has 0 radical (unpaired) electrons. The van der Waals surface area contributed by atoms with Gasteiger partial charge in [-0.2, -0.15) is 0 Å². The zero-order chi connectivity index (χ0) is 17.3. The summed E-state index contributed by atoms with van der Waals surface area (Å²) in [5.41, 5.74) is 1.20. The van der Waals surface area contributed by atoms with Crippen molar-refractivity contribution < 1.29 is 19.1 Å². The molecule has 0 spiro atoms. The van der Waals surface area contributed by atoms with Gasteiger partial charge in [-0.1, -0.05) is 0 Å². The van der Waals surface area contributed by atoms with E-state index in [4.69, 9.17) is 9.47 Å². The first kappa shape index (κ1) is 16.8. The van der Waals surface area contributed by atoms with E-state index < -0.39 is 17.4 Å². The molecule has 0 unspecified atom stereocenters. The average Bonchev–Trinajstić information content (AvgIpc) is 2.80. The van der Waals surface area contributed by atoms with Crippen LogP contribution in [0.25, 0.3) is 11.0 Å². The number of rotatable bonds is 4. The maximum atomic E-state index is 12.7. The number of esters is 2. The van der Waals surface area contributed by atoms with Gasteiger partial charge in [-0.25, -0.2) is 9.59 Å². The summed E-state index contributed by atoms with van der Waals surface area (Å²) in [5, 5.41) is 0. The molecule has 0 aliphatic carbocycles. The molecule has 2 aromatic heterocycles. The van der Waals surface area contributed by atoms with Crippen molar-refractivity contribution >= 4 is 23.0 Å². The van der Waals surface area contributed by atoms with Crippen LogP contribution >= 0.6 is 0 Å². The Balaban J connectivity index is 2.95. The summed E-state index contributed by atoms with van der Waals surface area (Å²) in [5.74, 6) is -1.18. The maximum absolute atomic E-state index is 12.7. The Labute approximate surface area is 133 Å². The van der Waals surface area contributed by atoms with E-state index in [1.54, 1.807) is 30.0 Å². The predicted molar refractivity (Wildman–Crippen MR) is 84.9 cm³/mol. The molecule has 0 aliphatic rings. The molecule has 0 aliphatic heterocycles. The number of aromatic nitrogens is 2. The second-order valence-corrected chi connectivity index (χ2v) is 5.09. The Bertz CT molecular complexity index is 844. The number of nitrogens with zero attached hydrogens (tertiary/aromatic N) is 2. The van der Waals surface area contributed by atoms with Crippen LogP contribution in [-0.2, 0) is 23.1 Å². The lowest BCUT2D eigenvalue weighted by Gasteiger charge is -2.10. The van der Waals surface area contributed by atoms with E-state index in [2.05, 4.69) is 0 Å². The van der Waals surface area contributed by atoms with Crippen LogP contribution in [0.3, 0.4) is 0 Å². The number of methoxy groups -OCH3 is 1. The monoisotopic (exact) mass is 320 g/mol. The summed E-state index contributed by atoms with van der Waals surface area (Å²) in [6.07, 6.45) is 1.44. The molecule has 7 heteroatoms. The predicted octanol–water partition coefficient (Wildman–Crippen LogP) is 1.63. The summed E-state index contributed by atoms with van der Waals surface area (Å²) in [6, 6.07) is 0. The minimum atomic E-state index is -0.667. The fourth-order valence-electron chi connectivity index (χ4n) is 2.68. The summed E-state index contributed by atoms with van der Waals surface area (Å²) in [4.78, 5) is 36.9. The topological polar surface area (TPSA) is 79.5 Å². The van der Waals surface area contributed by atoms with Crippen LogP contribution in [0.5, 0.6) is 0 Å². The van der Waals surface area contributed by atoms with Crippen LogP contribution in [0.2, 0.25) is 0 Å². The Morgan fingerprint density at radius 2 is 1.83 bits per heavy atom. The first-order chi connectivity index (χ1) is 10.9.